The second-order valence-corrected chi connectivity index (χ2v) is 18.0. The van der Waals surface area contributed by atoms with Crippen molar-refractivity contribution < 1.29 is 48.5 Å². The summed E-state index contributed by atoms with van der Waals surface area (Å²) < 4.78 is 18.7. The Balaban J connectivity index is 1.32. The Morgan fingerprint density at radius 2 is 1.56 bits per heavy atom. The zero-order valence-electron chi connectivity index (χ0n) is 38.3. The van der Waals surface area contributed by atoms with Crippen LogP contribution in [0.15, 0.2) is 140 Å². The van der Waals surface area contributed by atoms with Gasteiger partial charge in [-0.05, 0) is 84.3 Å². The normalized spacial score (nSPS) is 23.5. The zero-order chi connectivity index (χ0) is 49.0. The smallest absolute Gasteiger partial charge is 0.421 e. The van der Waals surface area contributed by atoms with Gasteiger partial charge in [-0.25, -0.2) is 9.69 Å². The van der Waals surface area contributed by atoms with Crippen LogP contribution in [-0.2, 0) is 35.9 Å². The van der Waals surface area contributed by atoms with Gasteiger partial charge in [-0.1, -0.05) is 110 Å². The number of ether oxygens (including phenoxy) is 3. The van der Waals surface area contributed by atoms with Crippen molar-refractivity contribution in [2.24, 2.45) is 5.92 Å². The topological polar surface area (TPSA) is 198 Å². The number of amides is 3. The van der Waals surface area contributed by atoms with Crippen LogP contribution in [-0.4, -0.2) is 75.3 Å². The Kier molecular flexibility index (Phi) is 13.6. The Morgan fingerprint density at radius 1 is 0.886 bits per heavy atom. The molecule has 70 heavy (non-hydrogen) atoms. The molecule has 1 spiro atoms. The number of nitrogens with one attached hydrogen (secondary N) is 1. The number of nitrogens with zero attached hydrogens (tertiary/aromatic N) is 3. The highest BCUT2D eigenvalue weighted by molar-refractivity contribution is 6.23. The van der Waals surface area contributed by atoms with Crippen LogP contribution >= 0.6 is 0 Å². The van der Waals surface area contributed by atoms with Gasteiger partial charge in [-0.15, -0.1) is 6.58 Å². The number of para-hydroxylation sites is 1. The molecule has 4 aliphatic rings. The first-order valence-electron chi connectivity index (χ1n) is 23.4. The van der Waals surface area contributed by atoms with Crippen LogP contribution < -0.4 is 15.0 Å². The van der Waals surface area contributed by atoms with E-state index < -0.39 is 70.0 Å². The maximum atomic E-state index is 16.5. The summed E-state index contributed by atoms with van der Waals surface area (Å²) in [6.07, 6.45) is 3.86. The van der Waals surface area contributed by atoms with Gasteiger partial charge in [0.1, 0.15) is 42.1 Å². The first-order chi connectivity index (χ1) is 34.0. The molecule has 15 nitrogen and oxygen atoms in total. The molecule has 5 aromatic carbocycles. The van der Waals surface area contributed by atoms with Crippen molar-refractivity contribution in [3.63, 3.8) is 0 Å². The van der Waals surface area contributed by atoms with E-state index in [1.165, 1.54) is 30.3 Å². The lowest BCUT2D eigenvalue weighted by molar-refractivity contribution is -0.384. The average Bonchev–Trinajstić information content (AvgIpc) is 3.72. The number of nitro benzene ring substituents is 1. The first kappa shape index (κ1) is 47.4. The van der Waals surface area contributed by atoms with Gasteiger partial charge in [0.25, 0.3) is 5.69 Å². The molecule has 0 unspecified atom stereocenters. The van der Waals surface area contributed by atoms with Gasteiger partial charge in [0.15, 0.2) is 0 Å². The summed E-state index contributed by atoms with van der Waals surface area (Å²) in [5.74, 6) is 2.52. The van der Waals surface area contributed by atoms with Crippen LogP contribution in [0.2, 0.25) is 0 Å². The predicted octanol–water partition coefficient (Wildman–Crippen LogP) is 7.71. The van der Waals surface area contributed by atoms with E-state index in [9.17, 15) is 25.1 Å². The van der Waals surface area contributed by atoms with Crippen molar-refractivity contribution in [2.75, 3.05) is 24.7 Å². The molecule has 3 aliphatic heterocycles. The minimum absolute atomic E-state index is 0.0467. The molecule has 2 saturated heterocycles. The molecule has 1 aliphatic carbocycles. The molecule has 3 amide bonds. The fraction of sp³-hybridized carbons (Fsp3) is 0.309. The highest BCUT2D eigenvalue weighted by Gasteiger charge is 2.76. The molecule has 1 saturated carbocycles. The number of aliphatic hydroxyl groups is 2. The number of benzene rings is 5. The predicted molar refractivity (Wildman–Crippen MR) is 257 cm³/mol. The molecule has 9 rings (SSSR count). The summed E-state index contributed by atoms with van der Waals surface area (Å²) in [5, 5.41) is 36.1. The molecule has 15 heteroatoms. The van der Waals surface area contributed by atoms with E-state index in [-0.39, 0.29) is 49.1 Å². The number of fused-ring (bicyclic) bond motifs is 3. The van der Waals surface area contributed by atoms with Crippen molar-refractivity contribution in [1.29, 1.82) is 0 Å². The van der Waals surface area contributed by atoms with E-state index in [1.54, 1.807) is 42.5 Å². The molecule has 0 aromatic heterocycles. The number of nitro groups is 1. The lowest BCUT2D eigenvalue weighted by Gasteiger charge is -2.46. The van der Waals surface area contributed by atoms with Crippen LogP contribution in [0.4, 0.5) is 16.2 Å². The van der Waals surface area contributed by atoms with Crippen LogP contribution in [0.25, 0.3) is 0 Å². The van der Waals surface area contributed by atoms with Crippen molar-refractivity contribution in [3.8, 4) is 17.6 Å². The largest absolute Gasteiger partial charge is 0.491 e. The summed E-state index contributed by atoms with van der Waals surface area (Å²) in [6.45, 7) is 2.88. The second-order valence-electron chi connectivity index (χ2n) is 18.0. The quantitative estimate of drug-likeness (QED) is 0.0276. The third-order valence-corrected chi connectivity index (χ3v) is 13.8. The zero-order valence-corrected chi connectivity index (χ0v) is 38.3. The van der Waals surface area contributed by atoms with Crippen LogP contribution in [0.1, 0.15) is 90.1 Å². The molecule has 0 bridgehead atoms. The standard InChI is InChI=1S/C55H52N4O11/c1-2-31-56-50(61)45-47-51(62)70-48(39-17-9-6-10-18-39)46(38-15-7-5-8-16-38)58(47)49(41-19-11-12-20-44(41)68-33-32-60)55(45)42-34-36(27-30-54(65)28-13-3-4-14-29-54)23-26-43(42)57(52(55)63)53(64)69-35-37-21-24-40(25-22-37)59(66)67/h2,5-12,15-26,34,45-49,60,65H,1,3-4,13-14,28-29,31-33,35H2,(H,56,61)/t45-,46-,47-,48+,49+,55-/m1/s1. The number of cyclic esters (lactones) is 1. The molecule has 3 fully saturated rings. The number of non-ortho nitro benzene ring substituents is 1. The van der Waals surface area contributed by atoms with E-state index in [0.717, 1.165) is 30.6 Å². The molecular weight excluding hydrogens is 893 g/mol. The van der Waals surface area contributed by atoms with Gasteiger partial charge in [-0.3, -0.25) is 29.4 Å². The van der Waals surface area contributed by atoms with Gasteiger partial charge in [0.2, 0.25) is 11.8 Å². The van der Waals surface area contributed by atoms with Crippen LogP contribution in [0.3, 0.4) is 0 Å². The number of imide groups is 1. The third kappa shape index (κ3) is 8.70. The average molecular weight is 945 g/mol. The minimum Gasteiger partial charge on any atom is -0.491 e. The van der Waals surface area contributed by atoms with Crippen LogP contribution in [0, 0.1) is 27.9 Å². The lowest BCUT2D eigenvalue weighted by Crippen LogP contribution is -2.55. The van der Waals surface area contributed by atoms with Crippen molar-refractivity contribution in [3.05, 3.63) is 184 Å². The number of hydrogen-bond acceptors (Lipinski definition) is 12. The molecule has 6 atom stereocenters. The van der Waals surface area contributed by atoms with E-state index in [1.807, 2.05) is 65.6 Å². The highest BCUT2D eigenvalue weighted by atomic mass is 16.6. The minimum atomic E-state index is -2.18. The molecule has 3 heterocycles. The van der Waals surface area contributed by atoms with Crippen LogP contribution in [0.5, 0.6) is 5.75 Å². The first-order valence-corrected chi connectivity index (χ1v) is 23.4. The van der Waals surface area contributed by atoms with E-state index in [4.69, 9.17) is 14.2 Å². The fourth-order valence-corrected chi connectivity index (χ4v) is 10.8. The van der Waals surface area contributed by atoms with Gasteiger partial charge < -0.3 is 29.7 Å². The summed E-state index contributed by atoms with van der Waals surface area (Å²) in [6, 6.07) is 32.0. The van der Waals surface area contributed by atoms with Gasteiger partial charge >= 0.3 is 12.1 Å². The Morgan fingerprint density at radius 3 is 2.23 bits per heavy atom. The summed E-state index contributed by atoms with van der Waals surface area (Å²) in [7, 11) is 0. The number of esters is 1. The number of carbonyl (C=O) groups excluding carboxylic acids is 4. The maximum Gasteiger partial charge on any atom is 0.421 e. The monoisotopic (exact) mass is 944 g/mol. The number of carbonyl (C=O) groups is 4. The number of rotatable bonds is 12. The molecular formula is C55H52N4O11. The molecule has 0 radical (unpaired) electrons. The molecule has 3 N–H and O–H groups in total. The third-order valence-electron chi connectivity index (χ3n) is 13.8. The van der Waals surface area contributed by atoms with E-state index in [2.05, 4.69) is 23.7 Å². The van der Waals surface area contributed by atoms with Gasteiger partial charge in [-0.2, -0.15) is 0 Å². The number of anilines is 1. The van der Waals surface area contributed by atoms with E-state index in [0.29, 0.717) is 40.7 Å². The lowest BCUT2D eigenvalue weighted by atomic mass is 9.65. The number of aliphatic hydroxyl groups excluding tert-OH is 1. The van der Waals surface area contributed by atoms with Gasteiger partial charge in [0.05, 0.1) is 35.2 Å². The highest BCUT2D eigenvalue weighted by Crippen LogP contribution is 2.66. The maximum absolute atomic E-state index is 16.5. The summed E-state index contributed by atoms with van der Waals surface area (Å²) in [5.41, 5.74) is -0.916. The summed E-state index contributed by atoms with van der Waals surface area (Å²) >= 11 is 0. The van der Waals surface area contributed by atoms with Crippen molar-refractivity contribution in [1.82, 2.24) is 10.2 Å². The van der Waals surface area contributed by atoms with Crippen molar-refractivity contribution >= 4 is 35.3 Å². The Hall–Kier alpha value is -7.64. The van der Waals surface area contributed by atoms with Crippen molar-refractivity contribution in [2.45, 2.75) is 80.4 Å². The van der Waals surface area contributed by atoms with E-state index >= 15 is 14.4 Å². The molecule has 5 aromatic rings. The SMILES string of the molecule is C=CCNC(=O)[C@H]1[C@@H]2C(=O)O[C@@H](c3ccccc3)[C@@H](c3ccccc3)N2[C@@H](c2ccccc2OCCO)[C@]12C(=O)N(C(=O)OCc1ccc([N+](=O)[O-])cc1)c1ccc(C#CC3(O)CCCCCC3)cc12. The Bertz CT molecular complexity index is 2860. The fourth-order valence-electron chi connectivity index (χ4n) is 10.8. The Labute approximate surface area is 404 Å². The molecule has 358 valence electrons. The van der Waals surface area contributed by atoms with Gasteiger partial charge in [0, 0.05) is 29.8 Å². The number of morpholine rings is 1. The summed E-state index contributed by atoms with van der Waals surface area (Å²) in [4.78, 5) is 75.7. The number of hydrogen-bond donors (Lipinski definition) is 3. The second kappa shape index (κ2) is 20.1.